The second kappa shape index (κ2) is 10.2. The van der Waals surface area contributed by atoms with E-state index in [-0.39, 0.29) is 43.7 Å². The van der Waals surface area contributed by atoms with Gasteiger partial charge in [-0.05, 0) is 39.0 Å². The van der Waals surface area contributed by atoms with Gasteiger partial charge in [0.1, 0.15) is 24.3 Å². The van der Waals surface area contributed by atoms with E-state index in [1.165, 1.54) is 6.33 Å². The van der Waals surface area contributed by atoms with E-state index in [0.717, 1.165) is 25.7 Å². The normalized spacial score (nSPS) is 25.2. The van der Waals surface area contributed by atoms with Gasteiger partial charge in [0, 0.05) is 12.3 Å². The smallest absolute Gasteiger partial charge is 0.356 e. The van der Waals surface area contributed by atoms with Gasteiger partial charge in [-0.3, -0.25) is 9.36 Å². The lowest BCUT2D eigenvalue weighted by atomic mass is 10.1. The van der Waals surface area contributed by atoms with Crippen LogP contribution >= 0.6 is 7.60 Å². The number of carbonyl (C=O) groups excluding carboxylic acids is 1. The largest absolute Gasteiger partial charge is 0.462 e. The molecule has 2 aliphatic rings. The number of hydrogen-bond donors (Lipinski definition) is 1. The van der Waals surface area contributed by atoms with Crippen molar-refractivity contribution in [1.29, 1.82) is 0 Å². The number of esters is 1. The minimum Gasteiger partial charge on any atom is -0.462 e. The molecule has 0 spiro atoms. The highest BCUT2D eigenvalue weighted by Crippen LogP contribution is 2.52. The van der Waals surface area contributed by atoms with E-state index < -0.39 is 7.60 Å². The van der Waals surface area contributed by atoms with E-state index in [4.69, 9.17) is 24.3 Å². The van der Waals surface area contributed by atoms with Crippen molar-refractivity contribution in [2.45, 2.75) is 64.2 Å². The summed E-state index contributed by atoms with van der Waals surface area (Å²) >= 11 is 0. The van der Waals surface area contributed by atoms with Gasteiger partial charge in [0.2, 0.25) is 0 Å². The van der Waals surface area contributed by atoms with Gasteiger partial charge in [0.15, 0.2) is 11.5 Å². The fourth-order valence-corrected chi connectivity index (χ4v) is 5.45. The third-order valence-electron chi connectivity index (χ3n) is 5.77. The molecule has 0 unspecified atom stereocenters. The van der Waals surface area contributed by atoms with Crippen LogP contribution in [0.4, 0.5) is 5.82 Å². The van der Waals surface area contributed by atoms with Crippen molar-refractivity contribution in [2.75, 3.05) is 25.3 Å². The SMILES string of the molecule is C[C@H](Cn1cnc2c(N)ncnc21)OCP1(=O)OCC(CCC(=O)OC2CCCC2)CO1. The van der Waals surface area contributed by atoms with Crippen molar-refractivity contribution in [2.24, 2.45) is 5.92 Å². The van der Waals surface area contributed by atoms with Crippen LogP contribution in [0.25, 0.3) is 11.2 Å². The first-order chi connectivity index (χ1) is 15.4. The molecular formula is C20H30N5O6P. The number of ether oxygens (including phenoxy) is 2. The second-order valence-electron chi connectivity index (χ2n) is 8.44. The second-order valence-corrected chi connectivity index (χ2v) is 10.4. The van der Waals surface area contributed by atoms with Crippen molar-refractivity contribution >= 4 is 30.5 Å². The average molecular weight is 467 g/mol. The molecule has 4 rings (SSSR count). The number of hydrogen-bond acceptors (Lipinski definition) is 10. The maximum atomic E-state index is 12.8. The Morgan fingerprint density at radius 3 is 2.78 bits per heavy atom. The lowest BCUT2D eigenvalue weighted by molar-refractivity contribution is -0.149. The van der Waals surface area contributed by atoms with Gasteiger partial charge >= 0.3 is 13.6 Å². The molecule has 12 heteroatoms. The van der Waals surface area contributed by atoms with Crippen LogP contribution in [-0.4, -0.2) is 57.3 Å². The molecule has 2 aromatic heterocycles. The molecule has 0 aromatic carbocycles. The van der Waals surface area contributed by atoms with Crippen LogP contribution in [0.3, 0.4) is 0 Å². The summed E-state index contributed by atoms with van der Waals surface area (Å²) in [5.74, 6) is 0.145. The summed E-state index contributed by atoms with van der Waals surface area (Å²) in [4.78, 5) is 24.3. The number of aromatic nitrogens is 4. The molecule has 1 saturated carbocycles. The number of imidazole rings is 1. The van der Waals surface area contributed by atoms with E-state index in [2.05, 4.69) is 15.0 Å². The van der Waals surface area contributed by atoms with Crippen molar-refractivity contribution < 1.29 is 27.9 Å². The summed E-state index contributed by atoms with van der Waals surface area (Å²) in [6.07, 6.45) is 7.72. The third-order valence-corrected chi connectivity index (χ3v) is 7.32. The van der Waals surface area contributed by atoms with E-state index in [1.54, 1.807) is 10.9 Å². The van der Waals surface area contributed by atoms with Gasteiger partial charge in [0.05, 0.1) is 32.2 Å². The van der Waals surface area contributed by atoms with Crippen molar-refractivity contribution in [3.8, 4) is 0 Å². The quantitative estimate of drug-likeness (QED) is 0.432. The summed E-state index contributed by atoms with van der Waals surface area (Å²) < 4.78 is 36.8. The molecule has 32 heavy (non-hydrogen) atoms. The van der Waals surface area contributed by atoms with Crippen LogP contribution in [0.5, 0.6) is 0 Å². The van der Waals surface area contributed by atoms with Crippen LogP contribution in [0.15, 0.2) is 12.7 Å². The Morgan fingerprint density at radius 2 is 2.03 bits per heavy atom. The Labute approximate surface area is 186 Å². The van der Waals surface area contributed by atoms with E-state index in [1.807, 2.05) is 6.92 Å². The maximum absolute atomic E-state index is 12.8. The number of nitrogens with two attached hydrogens (primary N) is 1. The Morgan fingerprint density at radius 1 is 1.28 bits per heavy atom. The number of rotatable bonds is 9. The van der Waals surface area contributed by atoms with Crippen molar-refractivity contribution in [3.63, 3.8) is 0 Å². The number of fused-ring (bicyclic) bond motifs is 1. The van der Waals surface area contributed by atoms with Crippen LogP contribution in [0, 0.1) is 5.92 Å². The van der Waals surface area contributed by atoms with E-state index in [9.17, 15) is 9.36 Å². The van der Waals surface area contributed by atoms with Gasteiger partial charge in [0.25, 0.3) is 0 Å². The molecule has 0 bridgehead atoms. The van der Waals surface area contributed by atoms with Crippen LogP contribution < -0.4 is 5.73 Å². The Hall–Kier alpha value is -2.07. The summed E-state index contributed by atoms with van der Waals surface area (Å²) in [6, 6.07) is 0. The highest BCUT2D eigenvalue weighted by Gasteiger charge is 2.33. The first-order valence-corrected chi connectivity index (χ1v) is 12.8. The van der Waals surface area contributed by atoms with Crippen molar-refractivity contribution in [1.82, 2.24) is 19.5 Å². The zero-order chi connectivity index (χ0) is 22.6. The lowest BCUT2D eigenvalue weighted by Gasteiger charge is -2.29. The number of anilines is 1. The molecule has 3 heterocycles. The molecule has 1 aliphatic carbocycles. The zero-order valence-electron chi connectivity index (χ0n) is 18.2. The first kappa shape index (κ1) is 23.1. The summed E-state index contributed by atoms with van der Waals surface area (Å²) in [5, 5.41) is 0. The van der Waals surface area contributed by atoms with Crippen LogP contribution in [0.1, 0.15) is 45.4 Å². The van der Waals surface area contributed by atoms with E-state index in [0.29, 0.717) is 36.4 Å². The zero-order valence-corrected chi connectivity index (χ0v) is 19.1. The molecule has 0 amide bonds. The van der Waals surface area contributed by atoms with E-state index >= 15 is 0 Å². The Balaban J connectivity index is 1.18. The predicted octanol–water partition coefficient (Wildman–Crippen LogP) is 2.89. The highest BCUT2D eigenvalue weighted by molar-refractivity contribution is 7.53. The molecule has 2 aromatic rings. The standard InChI is InChI=1S/C20H30N5O6P/c1-14(8-25-12-24-18-19(21)22-11-23-20(18)25)28-13-32(27)29-9-15(10-30-32)6-7-17(26)31-16-4-2-3-5-16/h11-12,14-16H,2-10,13H2,1H3,(H2,21,22,23)/t14-,15?,32?/m1/s1. The Bertz CT molecular complexity index is 967. The molecule has 2 fully saturated rings. The van der Waals surface area contributed by atoms with Crippen molar-refractivity contribution in [3.05, 3.63) is 12.7 Å². The molecule has 176 valence electrons. The van der Waals surface area contributed by atoms with Gasteiger partial charge < -0.3 is 28.8 Å². The minimum atomic E-state index is -3.33. The van der Waals surface area contributed by atoms with Gasteiger partial charge in [-0.2, -0.15) is 0 Å². The third kappa shape index (κ3) is 5.83. The highest BCUT2D eigenvalue weighted by atomic mass is 31.2. The first-order valence-electron chi connectivity index (χ1n) is 11.0. The average Bonchev–Trinajstić information content (AvgIpc) is 3.43. The summed E-state index contributed by atoms with van der Waals surface area (Å²) in [5.41, 5.74) is 6.95. The lowest BCUT2D eigenvalue weighted by Crippen LogP contribution is -2.25. The monoisotopic (exact) mass is 467 g/mol. The molecule has 0 radical (unpaired) electrons. The molecule has 1 saturated heterocycles. The molecule has 11 nitrogen and oxygen atoms in total. The summed E-state index contributed by atoms with van der Waals surface area (Å²) in [7, 11) is -3.33. The topological polar surface area (TPSA) is 141 Å². The number of carbonyl (C=O) groups is 1. The number of nitrogens with zero attached hydrogens (tertiary/aromatic N) is 4. The summed E-state index contributed by atoms with van der Waals surface area (Å²) in [6.45, 7) is 2.84. The Kier molecular flexibility index (Phi) is 7.40. The molecule has 1 aliphatic heterocycles. The van der Waals surface area contributed by atoms with Gasteiger partial charge in [-0.1, -0.05) is 0 Å². The molecule has 2 N–H and O–H groups in total. The van der Waals surface area contributed by atoms with Gasteiger partial charge in [-0.15, -0.1) is 0 Å². The fraction of sp³-hybridized carbons (Fsp3) is 0.700. The number of nitrogen functional groups attached to an aromatic ring is 1. The fourth-order valence-electron chi connectivity index (χ4n) is 3.92. The maximum Gasteiger partial charge on any atom is 0.356 e. The van der Waals surface area contributed by atoms with Gasteiger partial charge in [-0.25, -0.2) is 15.0 Å². The van der Waals surface area contributed by atoms with Crippen LogP contribution in [0.2, 0.25) is 0 Å². The molecule has 1 atom stereocenters. The molecular weight excluding hydrogens is 437 g/mol. The predicted molar refractivity (Wildman–Crippen MR) is 116 cm³/mol. The minimum absolute atomic E-state index is 0.00748. The van der Waals surface area contributed by atoms with Crippen LogP contribution in [-0.2, 0) is 34.4 Å².